The number of nitrogens with one attached hydrogen (secondary N) is 1. The summed E-state index contributed by atoms with van der Waals surface area (Å²) in [5.74, 6) is -0.790. The highest BCUT2D eigenvalue weighted by Crippen LogP contribution is 2.32. The normalized spacial score (nSPS) is 10.4. The minimum Gasteiger partial charge on any atom is -0.320 e. The van der Waals surface area contributed by atoms with Gasteiger partial charge in [-0.05, 0) is 58.7 Å². The van der Waals surface area contributed by atoms with Crippen molar-refractivity contribution in [3.63, 3.8) is 0 Å². The minimum absolute atomic E-state index is 0.136. The fraction of sp³-hybridized carbons (Fsp3) is 0.0714. The van der Waals surface area contributed by atoms with Gasteiger partial charge in [-0.2, -0.15) is 0 Å². The van der Waals surface area contributed by atoms with Crippen molar-refractivity contribution in [2.75, 3.05) is 5.32 Å². The van der Waals surface area contributed by atoms with Crippen molar-refractivity contribution in [1.29, 1.82) is 0 Å². The molecule has 0 saturated carbocycles. The molecule has 0 radical (unpaired) electrons. The predicted molar refractivity (Wildman–Crippen MR) is 85.9 cm³/mol. The Hall–Kier alpha value is -0.910. The number of carbonyl (C=O) groups excluding carboxylic acids is 1. The highest BCUT2D eigenvalue weighted by Gasteiger charge is 2.13. The summed E-state index contributed by atoms with van der Waals surface area (Å²) < 4.78 is 14.3. The SMILES string of the molecule is Cc1cc(Br)cc(C(=O)Nc2c(Cl)cc(F)cc2Br)c1. The molecule has 6 heteroatoms. The Labute approximate surface area is 137 Å². The average Bonchev–Trinajstić information content (AvgIpc) is 2.32. The van der Waals surface area contributed by atoms with E-state index in [9.17, 15) is 9.18 Å². The summed E-state index contributed by atoms with van der Waals surface area (Å²) >= 11 is 12.5. The second kappa shape index (κ2) is 6.24. The standard InChI is InChI=1S/C14H9Br2ClFNO/c1-7-2-8(4-9(15)3-7)14(20)19-13-11(16)5-10(18)6-12(13)17/h2-6H,1H3,(H,19,20). The van der Waals surface area contributed by atoms with E-state index in [1.165, 1.54) is 6.07 Å². The summed E-state index contributed by atoms with van der Waals surface area (Å²) in [5, 5.41) is 2.81. The van der Waals surface area contributed by atoms with Crippen LogP contribution in [0.15, 0.2) is 39.3 Å². The van der Waals surface area contributed by atoms with Gasteiger partial charge in [0.25, 0.3) is 5.91 Å². The first-order valence-corrected chi connectivity index (χ1v) is 7.56. The van der Waals surface area contributed by atoms with Gasteiger partial charge in [0, 0.05) is 14.5 Å². The highest BCUT2D eigenvalue weighted by atomic mass is 79.9. The zero-order valence-corrected chi connectivity index (χ0v) is 14.2. The molecule has 0 aromatic heterocycles. The van der Waals surface area contributed by atoms with Crippen molar-refractivity contribution in [2.24, 2.45) is 0 Å². The molecule has 20 heavy (non-hydrogen) atoms. The van der Waals surface area contributed by atoms with Crippen LogP contribution in [-0.2, 0) is 0 Å². The van der Waals surface area contributed by atoms with E-state index in [1.54, 1.807) is 12.1 Å². The third-order valence-corrected chi connectivity index (χ3v) is 3.93. The first-order valence-electron chi connectivity index (χ1n) is 5.60. The molecule has 2 aromatic carbocycles. The molecule has 0 aliphatic rings. The Kier molecular flexibility index (Phi) is 4.83. The molecule has 0 aliphatic carbocycles. The van der Waals surface area contributed by atoms with Crippen LogP contribution in [0.4, 0.5) is 10.1 Å². The van der Waals surface area contributed by atoms with Crippen LogP contribution in [0.1, 0.15) is 15.9 Å². The van der Waals surface area contributed by atoms with E-state index in [2.05, 4.69) is 37.2 Å². The topological polar surface area (TPSA) is 29.1 Å². The maximum atomic E-state index is 13.1. The zero-order chi connectivity index (χ0) is 14.9. The van der Waals surface area contributed by atoms with Crippen molar-refractivity contribution < 1.29 is 9.18 Å². The van der Waals surface area contributed by atoms with E-state index in [4.69, 9.17) is 11.6 Å². The number of aryl methyl sites for hydroxylation is 1. The molecule has 0 bridgehead atoms. The maximum absolute atomic E-state index is 13.1. The Balaban J connectivity index is 2.32. The minimum atomic E-state index is -0.474. The summed E-state index contributed by atoms with van der Waals surface area (Å²) in [5.41, 5.74) is 1.79. The Morgan fingerprint density at radius 2 is 1.90 bits per heavy atom. The van der Waals surface area contributed by atoms with Gasteiger partial charge in [-0.3, -0.25) is 4.79 Å². The molecular weight excluding hydrogens is 412 g/mol. The van der Waals surface area contributed by atoms with Crippen LogP contribution in [0.25, 0.3) is 0 Å². The van der Waals surface area contributed by atoms with E-state index in [0.717, 1.165) is 16.1 Å². The van der Waals surface area contributed by atoms with Gasteiger partial charge in [-0.15, -0.1) is 0 Å². The molecule has 0 unspecified atom stereocenters. The number of benzene rings is 2. The van der Waals surface area contributed by atoms with Gasteiger partial charge >= 0.3 is 0 Å². The first-order chi connectivity index (χ1) is 9.36. The van der Waals surface area contributed by atoms with Crippen molar-refractivity contribution in [3.05, 3.63) is 61.2 Å². The number of halogens is 4. The summed E-state index contributed by atoms with van der Waals surface area (Å²) in [6.07, 6.45) is 0. The van der Waals surface area contributed by atoms with Crippen LogP contribution >= 0.6 is 43.5 Å². The third-order valence-electron chi connectivity index (χ3n) is 2.55. The van der Waals surface area contributed by atoms with Crippen LogP contribution < -0.4 is 5.32 Å². The average molecular weight is 421 g/mol. The van der Waals surface area contributed by atoms with E-state index in [-0.39, 0.29) is 10.9 Å². The van der Waals surface area contributed by atoms with Gasteiger partial charge in [-0.25, -0.2) is 4.39 Å². The van der Waals surface area contributed by atoms with E-state index in [1.807, 2.05) is 13.0 Å². The lowest BCUT2D eigenvalue weighted by molar-refractivity contribution is 0.102. The fourth-order valence-electron chi connectivity index (χ4n) is 1.71. The van der Waals surface area contributed by atoms with Crippen molar-refractivity contribution in [2.45, 2.75) is 6.92 Å². The van der Waals surface area contributed by atoms with Gasteiger partial charge in [0.05, 0.1) is 10.7 Å². The first kappa shape index (κ1) is 15.5. The molecular formula is C14H9Br2ClFNO. The highest BCUT2D eigenvalue weighted by molar-refractivity contribution is 9.10. The van der Waals surface area contributed by atoms with Crippen LogP contribution in [0.5, 0.6) is 0 Å². The molecule has 0 aliphatic heterocycles. The lowest BCUT2D eigenvalue weighted by Crippen LogP contribution is -2.13. The fourth-order valence-corrected chi connectivity index (χ4v) is 3.22. The van der Waals surface area contributed by atoms with E-state index < -0.39 is 5.82 Å². The molecule has 2 aromatic rings. The Morgan fingerprint density at radius 3 is 2.50 bits per heavy atom. The zero-order valence-electron chi connectivity index (χ0n) is 10.3. The number of carbonyl (C=O) groups is 1. The predicted octanol–water partition coefficient (Wildman–Crippen LogP) is 5.56. The van der Waals surface area contributed by atoms with Crippen LogP contribution in [-0.4, -0.2) is 5.91 Å². The number of hydrogen-bond donors (Lipinski definition) is 1. The molecule has 0 atom stereocenters. The molecule has 0 heterocycles. The maximum Gasteiger partial charge on any atom is 0.255 e. The summed E-state index contributed by atoms with van der Waals surface area (Å²) in [4.78, 5) is 12.2. The smallest absolute Gasteiger partial charge is 0.255 e. The summed E-state index contributed by atoms with van der Waals surface area (Å²) in [7, 11) is 0. The van der Waals surface area contributed by atoms with Gasteiger partial charge < -0.3 is 5.32 Å². The second-order valence-corrected chi connectivity index (χ2v) is 6.39. The van der Waals surface area contributed by atoms with Crippen LogP contribution in [0, 0.1) is 12.7 Å². The van der Waals surface area contributed by atoms with Gasteiger partial charge in [0.1, 0.15) is 5.82 Å². The molecule has 0 saturated heterocycles. The quantitative estimate of drug-likeness (QED) is 0.675. The molecule has 0 spiro atoms. The largest absolute Gasteiger partial charge is 0.320 e. The molecule has 2 rings (SSSR count). The summed E-state index contributed by atoms with van der Waals surface area (Å²) in [6, 6.07) is 7.75. The van der Waals surface area contributed by atoms with Crippen molar-refractivity contribution in [1.82, 2.24) is 0 Å². The Morgan fingerprint density at radius 1 is 1.20 bits per heavy atom. The van der Waals surface area contributed by atoms with Crippen LogP contribution in [0.2, 0.25) is 5.02 Å². The lowest BCUT2D eigenvalue weighted by atomic mass is 10.1. The molecule has 104 valence electrons. The number of amides is 1. The third kappa shape index (κ3) is 3.59. The van der Waals surface area contributed by atoms with Crippen molar-refractivity contribution in [3.8, 4) is 0 Å². The Bertz CT molecular complexity index is 648. The number of hydrogen-bond acceptors (Lipinski definition) is 1. The molecule has 0 fully saturated rings. The van der Waals surface area contributed by atoms with Gasteiger partial charge in [-0.1, -0.05) is 27.5 Å². The summed E-state index contributed by atoms with van der Waals surface area (Å²) in [6.45, 7) is 1.89. The second-order valence-electron chi connectivity index (χ2n) is 4.22. The number of rotatable bonds is 2. The number of anilines is 1. The molecule has 2 nitrogen and oxygen atoms in total. The molecule has 1 N–H and O–H groups in total. The monoisotopic (exact) mass is 419 g/mol. The van der Waals surface area contributed by atoms with Gasteiger partial charge in [0.15, 0.2) is 0 Å². The van der Waals surface area contributed by atoms with Gasteiger partial charge in [0.2, 0.25) is 0 Å². The van der Waals surface area contributed by atoms with Crippen LogP contribution in [0.3, 0.4) is 0 Å². The molecule has 1 amide bonds. The van der Waals surface area contributed by atoms with Crippen molar-refractivity contribution >= 4 is 55.1 Å². The lowest BCUT2D eigenvalue weighted by Gasteiger charge is -2.10. The van der Waals surface area contributed by atoms with E-state index in [0.29, 0.717) is 15.7 Å². The van der Waals surface area contributed by atoms with E-state index >= 15 is 0 Å².